The summed E-state index contributed by atoms with van der Waals surface area (Å²) < 4.78 is 1.93. The minimum absolute atomic E-state index is 0.344. The summed E-state index contributed by atoms with van der Waals surface area (Å²) in [6, 6.07) is 15.2. The quantitative estimate of drug-likeness (QED) is 0.374. The van der Waals surface area contributed by atoms with Gasteiger partial charge in [-0.1, -0.05) is 24.3 Å². The van der Waals surface area contributed by atoms with Crippen LogP contribution in [0.15, 0.2) is 61.3 Å². The van der Waals surface area contributed by atoms with Crippen LogP contribution in [0.2, 0.25) is 0 Å². The van der Waals surface area contributed by atoms with Crippen LogP contribution < -0.4 is 0 Å². The highest BCUT2D eigenvalue weighted by atomic mass is 16.3. The van der Waals surface area contributed by atoms with Gasteiger partial charge in [-0.15, -0.1) is 10.2 Å². The van der Waals surface area contributed by atoms with Gasteiger partial charge >= 0.3 is 0 Å². The topological polar surface area (TPSA) is 73.2 Å². The van der Waals surface area contributed by atoms with Crippen LogP contribution in [-0.2, 0) is 13.0 Å². The molecule has 3 heterocycles. The van der Waals surface area contributed by atoms with E-state index >= 15 is 0 Å². The summed E-state index contributed by atoms with van der Waals surface area (Å²) in [5.74, 6) is 0. The van der Waals surface area contributed by atoms with Gasteiger partial charge in [-0.05, 0) is 75.2 Å². The first-order chi connectivity index (χ1) is 16.9. The van der Waals surface area contributed by atoms with Crippen molar-refractivity contribution in [3.05, 3.63) is 78.0 Å². The van der Waals surface area contributed by atoms with Gasteiger partial charge in [0.05, 0.1) is 0 Å². The molecule has 1 aliphatic rings. The maximum absolute atomic E-state index is 11.5. The Morgan fingerprint density at radius 2 is 1.94 bits per heavy atom. The van der Waals surface area contributed by atoms with E-state index in [9.17, 15) is 5.11 Å². The fourth-order valence-corrected chi connectivity index (χ4v) is 5.46. The Bertz CT molecular complexity index is 1270. The van der Waals surface area contributed by atoms with Crippen LogP contribution in [0.1, 0.15) is 42.9 Å². The molecule has 35 heavy (non-hydrogen) atoms. The summed E-state index contributed by atoms with van der Waals surface area (Å²) in [5, 5.41) is 20.6. The number of aliphatic hydroxyl groups is 1. The van der Waals surface area contributed by atoms with Gasteiger partial charge in [0.25, 0.3) is 0 Å². The zero-order valence-electron chi connectivity index (χ0n) is 21.0. The van der Waals surface area contributed by atoms with Crippen molar-refractivity contribution in [2.75, 3.05) is 20.1 Å². The molecule has 4 aromatic rings. The number of aromatic nitrogens is 4. The molecule has 2 unspecified atom stereocenters. The second kappa shape index (κ2) is 9.93. The molecule has 1 aliphatic heterocycles. The zero-order chi connectivity index (χ0) is 24.4. The number of aryl methyl sites for hydroxylation is 2. The minimum Gasteiger partial charge on any atom is -0.376 e. The standard InChI is InChI=1S/C28H36N6O/c1-21-7-4-5-8-24(21)18-32(3)28(35)12-14-33(22(2)16-28)13-6-9-23-17-29-27-11-10-25(15-26(23)27)34-19-30-31-20-34/h4-5,7-8,10-11,15,17,19-20,22,29,35H,6,9,12-14,16,18H2,1-3H3. The normalized spacial score (nSPS) is 21.2. The second-order valence-electron chi connectivity index (χ2n) is 10.1. The summed E-state index contributed by atoms with van der Waals surface area (Å²) in [6.07, 6.45) is 9.24. The molecule has 5 rings (SSSR count). The maximum atomic E-state index is 11.5. The van der Waals surface area contributed by atoms with E-state index in [-0.39, 0.29) is 0 Å². The highest BCUT2D eigenvalue weighted by molar-refractivity contribution is 5.85. The average molecular weight is 473 g/mol. The van der Waals surface area contributed by atoms with Gasteiger partial charge in [-0.3, -0.25) is 9.47 Å². The summed E-state index contributed by atoms with van der Waals surface area (Å²) in [5.41, 5.74) is 5.37. The summed E-state index contributed by atoms with van der Waals surface area (Å²) in [6.45, 7) is 7.12. The Balaban J connectivity index is 1.17. The molecule has 184 valence electrons. The number of benzene rings is 2. The van der Waals surface area contributed by atoms with Crippen LogP contribution in [0, 0.1) is 6.92 Å². The van der Waals surface area contributed by atoms with Crippen LogP contribution in [0.4, 0.5) is 0 Å². The Hall–Kier alpha value is -3.00. The Kier molecular flexibility index (Phi) is 6.73. The molecule has 0 spiro atoms. The lowest BCUT2D eigenvalue weighted by Crippen LogP contribution is -2.56. The van der Waals surface area contributed by atoms with E-state index in [0.29, 0.717) is 6.04 Å². The first-order valence-electron chi connectivity index (χ1n) is 12.6. The van der Waals surface area contributed by atoms with E-state index in [1.54, 1.807) is 12.7 Å². The summed E-state index contributed by atoms with van der Waals surface area (Å²) in [4.78, 5) is 8.09. The molecule has 2 atom stereocenters. The number of H-pyrrole nitrogens is 1. The van der Waals surface area contributed by atoms with Gasteiger partial charge < -0.3 is 15.0 Å². The molecule has 7 heteroatoms. The fraction of sp³-hybridized carbons (Fsp3) is 0.429. The molecule has 1 fully saturated rings. The smallest absolute Gasteiger partial charge is 0.123 e. The van der Waals surface area contributed by atoms with Crippen LogP contribution >= 0.6 is 0 Å². The Morgan fingerprint density at radius 3 is 2.71 bits per heavy atom. The van der Waals surface area contributed by atoms with Crippen molar-refractivity contribution >= 4 is 10.9 Å². The minimum atomic E-state index is -0.756. The molecule has 0 amide bonds. The van der Waals surface area contributed by atoms with Crippen LogP contribution in [0.5, 0.6) is 0 Å². The lowest BCUT2D eigenvalue weighted by atomic mass is 9.92. The van der Waals surface area contributed by atoms with E-state index < -0.39 is 5.72 Å². The van der Waals surface area contributed by atoms with E-state index in [1.807, 2.05) is 4.57 Å². The molecule has 0 bridgehead atoms. The molecule has 2 N–H and O–H groups in total. The monoisotopic (exact) mass is 472 g/mol. The number of nitrogens with one attached hydrogen (secondary N) is 1. The molecule has 0 aliphatic carbocycles. The van der Waals surface area contributed by atoms with Crippen molar-refractivity contribution in [3.8, 4) is 5.69 Å². The van der Waals surface area contributed by atoms with Gasteiger partial charge in [0.1, 0.15) is 18.4 Å². The third-order valence-electron chi connectivity index (χ3n) is 7.78. The van der Waals surface area contributed by atoms with Crippen molar-refractivity contribution in [3.63, 3.8) is 0 Å². The lowest BCUT2D eigenvalue weighted by Gasteiger charge is -2.47. The highest BCUT2D eigenvalue weighted by Gasteiger charge is 2.39. The van der Waals surface area contributed by atoms with Gasteiger partial charge in [0.2, 0.25) is 0 Å². The van der Waals surface area contributed by atoms with Gasteiger partial charge in [-0.2, -0.15) is 0 Å². The predicted octanol–water partition coefficient (Wildman–Crippen LogP) is 4.29. The Labute approximate surface area is 207 Å². The second-order valence-corrected chi connectivity index (χ2v) is 10.1. The molecular formula is C28H36N6O. The largest absolute Gasteiger partial charge is 0.376 e. The van der Waals surface area contributed by atoms with Crippen molar-refractivity contribution in [1.29, 1.82) is 0 Å². The third-order valence-corrected chi connectivity index (χ3v) is 7.78. The number of rotatable bonds is 8. The average Bonchev–Trinajstić information content (AvgIpc) is 3.52. The van der Waals surface area contributed by atoms with Gasteiger partial charge in [-0.25, -0.2) is 0 Å². The Morgan fingerprint density at radius 1 is 1.14 bits per heavy atom. The van der Waals surface area contributed by atoms with E-state index in [1.165, 1.54) is 22.1 Å². The maximum Gasteiger partial charge on any atom is 0.123 e. The fourth-order valence-electron chi connectivity index (χ4n) is 5.46. The molecule has 7 nitrogen and oxygen atoms in total. The number of hydrogen-bond acceptors (Lipinski definition) is 5. The molecule has 2 aromatic carbocycles. The molecule has 1 saturated heterocycles. The predicted molar refractivity (Wildman–Crippen MR) is 139 cm³/mol. The van der Waals surface area contributed by atoms with E-state index in [2.05, 4.69) is 94.5 Å². The number of likely N-dealkylation sites (tertiary alicyclic amines) is 1. The molecule has 0 saturated carbocycles. The lowest BCUT2D eigenvalue weighted by molar-refractivity contribution is -0.147. The summed E-state index contributed by atoms with van der Waals surface area (Å²) >= 11 is 0. The number of fused-ring (bicyclic) bond motifs is 1. The number of piperidine rings is 1. The van der Waals surface area contributed by atoms with Crippen molar-refractivity contribution in [2.24, 2.45) is 0 Å². The van der Waals surface area contributed by atoms with Crippen molar-refractivity contribution in [1.82, 2.24) is 29.5 Å². The third kappa shape index (κ3) is 5.03. The van der Waals surface area contributed by atoms with Crippen LogP contribution in [-0.4, -0.2) is 66.6 Å². The first-order valence-corrected chi connectivity index (χ1v) is 12.6. The van der Waals surface area contributed by atoms with Crippen LogP contribution in [0.3, 0.4) is 0 Å². The molecule has 0 radical (unpaired) electrons. The number of hydrogen-bond donors (Lipinski definition) is 2. The highest BCUT2D eigenvalue weighted by Crippen LogP contribution is 2.31. The van der Waals surface area contributed by atoms with Crippen molar-refractivity contribution < 1.29 is 5.11 Å². The zero-order valence-corrected chi connectivity index (χ0v) is 21.0. The van der Waals surface area contributed by atoms with Crippen LogP contribution in [0.25, 0.3) is 16.6 Å². The van der Waals surface area contributed by atoms with Gasteiger partial charge in [0, 0.05) is 54.8 Å². The SMILES string of the molecule is Cc1ccccc1CN(C)C1(O)CCN(CCCc2c[nH]c3ccc(-n4cnnc4)cc23)C(C)C1. The summed E-state index contributed by atoms with van der Waals surface area (Å²) in [7, 11) is 2.06. The van der Waals surface area contributed by atoms with E-state index in [0.717, 1.165) is 56.5 Å². The van der Waals surface area contributed by atoms with E-state index in [4.69, 9.17) is 0 Å². The van der Waals surface area contributed by atoms with Gasteiger partial charge in [0.15, 0.2) is 0 Å². The number of aromatic amines is 1. The van der Waals surface area contributed by atoms with Crippen molar-refractivity contribution in [2.45, 2.75) is 57.8 Å². The number of nitrogens with zero attached hydrogens (tertiary/aromatic N) is 5. The molecule has 2 aromatic heterocycles. The first kappa shape index (κ1) is 23.7. The molecular weight excluding hydrogens is 436 g/mol.